The SMILES string of the molecule is C1CCC([PH+](C2CCCCC2)C2CCCCC2)CC1.Fc1c(F)c(F)c([BH-](c2c(F)c(F)c(F)c(F)c2F)c2c(F)c(F)c(F)c(F)c2F)c(F)c1F. The second kappa shape index (κ2) is 17.3. The first-order chi connectivity index (χ1) is 25.1. The van der Waals surface area contributed by atoms with E-state index in [4.69, 9.17) is 0 Å². The summed E-state index contributed by atoms with van der Waals surface area (Å²) in [5, 5.41) is 0. The molecule has 53 heavy (non-hydrogen) atoms. The number of benzene rings is 3. The van der Waals surface area contributed by atoms with Crippen molar-refractivity contribution >= 4 is 31.0 Å². The van der Waals surface area contributed by atoms with Gasteiger partial charge in [-0.25, -0.2) is 65.9 Å². The zero-order valence-electron chi connectivity index (χ0n) is 28.2. The topological polar surface area (TPSA) is 0 Å². The van der Waals surface area contributed by atoms with Crippen LogP contribution >= 0.6 is 7.92 Å². The van der Waals surface area contributed by atoms with Gasteiger partial charge in [0.05, 0.1) is 23.7 Å². The quantitative estimate of drug-likeness (QED) is 0.0767. The van der Waals surface area contributed by atoms with Crippen LogP contribution in [0.15, 0.2) is 0 Å². The van der Waals surface area contributed by atoms with Gasteiger partial charge in [-0.3, -0.25) is 0 Å². The predicted molar refractivity (Wildman–Crippen MR) is 174 cm³/mol. The molecule has 17 heteroatoms. The van der Waals surface area contributed by atoms with Gasteiger partial charge in [-0.05, 0) is 77.0 Å². The second-order valence-electron chi connectivity index (χ2n) is 14.2. The van der Waals surface area contributed by atoms with Gasteiger partial charge in [0.15, 0.2) is 52.4 Å². The normalized spacial score (nSPS) is 17.8. The fourth-order valence-electron chi connectivity index (χ4n) is 8.72. The van der Waals surface area contributed by atoms with E-state index >= 15 is 0 Å². The predicted octanol–water partition coefficient (Wildman–Crippen LogP) is 10.2. The summed E-state index contributed by atoms with van der Waals surface area (Å²) in [4.78, 5) is 0. The van der Waals surface area contributed by atoms with Crippen molar-refractivity contribution in [3.63, 3.8) is 0 Å². The average Bonchev–Trinajstić information content (AvgIpc) is 3.18. The fourth-order valence-corrected chi connectivity index (χ4v) is 13.9. The molecule has 0 bridgehead atoms. The Morgan fingerprint density at radius 3 is 0.623 bits per heavy atom. The third kappa shape index (κ3) is 7.95. The molecule has 3 aromatic carbocycles. The summed E-state index contributed by atoms with van der Waals surface area (Å²) in [6.07, 6.45) is 23.8. The minimum absolute atomic E-state index is 0.0465. The molecule has 3 fully saturated rings. The van der Waals surface area contributed by atoms with E-state index in [9.17, 15) is 65.9 Å². The Morgan fingerprint density at radius 1 is 0.264 bits per heavy atom. The van der Waals surface area contributed by atoms with Gasteiger partial charge in [-0.2, -0.15) is 0 Å². The lowest BCUT2D eigenvalue weighted by Crippen LogP contribution is -2.60. The van der Waals surface area contributed by atoms with Crippen LogP contribution in [0.5, 0.6) is 0 Å². The van der Waals surface area contributed by atoms with Crippen molar-refractivity contribution in [1.82, 2.24) is 0 Å². The molecule has 0 aromatic heterocycles. The van der Waals surface area contributed by atoms with Gasteiger partial charge in [0.1, 0.15) is 34.9 Å². The van der Waals surface area contributed by atoms with Crippen LogP contribution in [0.4, 0.5) is 65.9 Å². The third-order valence-corrected chi connectivity index (χ3v) is 15.8. The van der Waals surface area contributed by atoms with E-state index in [0.29, 0.717) is 0 Å². The third-order valence-electron chi connectivity index (χ3n) is 11.2. The van der Waals surface area contributed by atoms with Crippen molar-refractivity contribution in [2.45, 2.75) is 113 Å². The molecular weight excluding hydrogens is 759 g/mol. The van der Waals surface area contributed by atoms with Crippen molar-refractivity contribution in [3.05, 3.63) is 87.3 Å². The molecule has 0 aliphatic heterocycles. The fraction of sp³-hybridized carbons (Fsp3) is 0.500. The maximum absolute atomic E-state index is 14.4. The Morgan fingerprint density at radius 2 is 0.434 bits per heavy atom. The molecule has 3 saturated carbocycles. The molecule has 0 nitrogen and oxygen atoms in total. The first-order valence-corrected chi connectivity index (χ1v) is 19.4. The van der Waals surface area contributed by atoms with Crippen LogP contribution in [0.25, 0.3) is 0 Å². The van der Waals surface area contributed by atoms with E-state index in [-0.39, 0.29) is 7.92 Å². The van der Waals surface area contributed by atoms with Gasteiger partial charge >= 0.3 is 0 Å². The molecule has 3 aliphatic carbocycles. The largest absolute Gasteiger partial charge is 0.207 e. The number of hydrogen-bond acceptors (Lipinski definition) is 0. The van der Waals surface area contributed by atoms with Crippen LogP contribution in [-0.4, -0.2) is 23.7 Å². The Hall–Kier alpha value is -2.90. The minimum atomic E-state index is -5.16. The molecule has 0 spiro atoms. The zero-order chi connectivity index (χ0) is 38.9. The molecule has 0 radical (unpaired) electrons. The summed E-state index contributed by atoms with van der Waals surface area (Å²) in [5.41, 5.74) is -4.10. The molecule has 6 rings (SSSR count). The van der Waals surface area contributed by atoms with E-state index in [1.165, 1.54) is 17.0 Å². The lowest BCUT2D eigenvalue weighted by Gasteiger charge is -2.38. The highest BCUT2D eigenvalue weighted by molar-refractivity contribution is 7.60. The van der Waals surface area contributed by atoms with Crippen LogP contribution in [-0.2, 0) is 0 Å². The minimum Gasteiger partial charge on any atom is -0.207 e. The highest BCUT2D eigenvalue weighted by Crippen LogP contribution is 2.61. The van der Waals surface area contributed by atoms with Crippen LogP contribution in [0.2, 0.25) is 0 Å². The van der Waals surface area contributed by atoms with Crippen molar-refractivity contribution in [1.29, 1.82) is 0 Å². The number of halogens is 15. The lowest BCUT2D eigenvalue weighted by atomic mass is 9.36. The van der Waals surface area contributed by atoms with Crippen LogP contribution in [0, 0.1) is 87.3 Å². The maximum Gasteiger partial charge on any atom is 0.200 e. The summed E-state index contributed by atoms with van der Waals surface area (Å²) in [5.74, 6) is -44.8. The zero-order valence-corrected chi connectivity index (χ0v) is 29.2. The second-order valence-corrected chi connectivity index (χ2v) is 17.6. The summed E-state index contributed by atoms with van der Waals surface area (Å²) < 4.78 is 209. The molecule has 292 valence electrons. The van der Waals surface area contributed by atoms with E-state index in [1.54, 1.807) is 96.3 Å². The Bertz CT molecular complexity index is 1520. The standard InChI is InChI=1S/C18HBF15.C18H33P/c20-4-1(5(21)11(27)16(32)10(4)26)19(2-6(22)12(28)17(33)13(29)7(2)23)3-8(24)14(30)18(34)15(31)9(3)25;1-4-10-16(11-5-1)19(17-12-6-2-7-13-17)18-14-8-3-9-15-18/h19H;16-18H,1-15H2/q-1;/p+1. The van der Waals surface area contributed by atoms with Gasteiger partial charge in [0, 0.05) is 7.92 Å². The molecule has 3 aromatic rings. The van der Waals surface area contributed by atoms with E-state index in [2.05, 4.69) is 0 Å². The average molecular weight is 794 g/mol. The van der Waals surface area contributed by atoms with Crippen molar-refractivity contribution in [2.75, 3.05) is 0 Å². The van der Waals surface area contributed by atoms with E-state index < -0.39 is 110 Å². The molecule has 0 unspecified atom stereocenters. The molecule has 0 N–H and O–H groups in total. The summed E-state index contributed by atoms with van der Waals surface area (Å²) in [7, 11) is -0.0465. The molecule has 0 heterocycles. The van der Waals surface area contributed by atoms with E-state index in [1.807, 2.05) is 0 Å². The number of rotatable bonds is 6. The Balaban J connectivity index is 0.000000239. The van der Waals surface area contributed by atoms with Gasteiger partial charge in [0.25, 0.3) is 0 Å². The monoisotopic (exact) mass is 794 g/mol. The lowest BCUT2D eigenvalue weighted by molar-refractivity contribution is 0.380. The van der Waals surface area contributed by atoms with Crippen LogP contribution in [0.3, 0.4) is 0 Å². The smallest absolute Gasteiger partial charge is 0.200 e. The highest BCUT2D eigenvalue weighted by atomic mass is 31.1. The molecule has 0 atom stereocenters. The van der Waals surface area contributed by atoms with Gasteiger partial charge in [-0.1, -0.05) is 19.3 Å². The highest BCUT2D eigenvalue weighted by Gasteiger charge is 2.43. The Kier molecular flexibility index (Phi) is 13.5. The van der Waals surface area contributed by atoms with Crippen LogP contribution < -0.4 is 16.4 Å². The van der Waals surface area contributed by atoms with Gasteiger partial charge < -0.3 is 0 Å². The maximum atomic E-state index is 14.4. The molecular formula is C36H35BF15P. The molecule has 3 aliphatic rings. The van der Waals surface area contributed by atoms with E-state index in [0.717, 1.165) is 0 Å². The Labute approximate surface area is 297 Å². The van der Waals surface area contributed by atoms with Crippen LogP contribution in [0.1, 0.15) is 96.3 Å². The van der Waals surface area contributed by atoms with Gasteiger partial charge in [0.2, 0.25) is 0 Å². The number of hydrogen-bond donors (Lipinski definition) is 0. The van der Waals surface area contributed by atoms with Crippen molar-refractivity contribution in [3.8, 4) is 0 Å². The van der Waals surface area contributed by atoms with Crippen molar-refractivity contribution in [2.24, 2.45) is 0 Å². The van der Waals surface area contributed by atoms with Gasteiger partial charge in [-0.15, -0.1) is 16.4 Å². The summed E-state index contributed by atoms with van der Waals surface area (Å²) >= 11 is 0. The molecule has 0 amide bonds. The molecule has 0 saturated heterocycles. The van der Waals surface area contributed by atoms with Crippen molar-refractivity contribution < 1.29 is 65.9 Å². The summed E-state index contributed by atoms with van der Waals surface area (Å²) in [6, 6.07) is 0. The summed E-state index contributed by atoms with van der Waals surface area (Å²) in [6.45, 7) is -5.16. The first kappa shape index (κ1) is 41.3. The first-order valence-electron chi connectivity index (χ1n) is 17.7.